The number of anilines is 3. The fraction of sp³-hybridized carbons (Fsp3) is 0. The molecule has 0 spiro atoms. The van der Waals surface area contributed by atoms with Crippen LogP contribution in [-0.2, 0) is 0 Å². The third-order valence-electron chi connectivity index (χ3n) is 13.3. The Labute approximate surface area is 392 Å². The minimum atomic E-state index is 1.09. The molecule has 0 aliphatic rings. The molecule has 12 rings (SSSR count). The van der Waals surface area contributed by atoms with Gasteiger partial charge in [-0.15, -0.1) is 0 Å². The van der Waals surface area contributed by atoms with Crippen molar-refractivity contribution in [1.29, 1.82) is 0 Å². The summed E-state index contributed by atoms with van der Waals surface area (Å²) < 4.78 is 0. The molecule has 0 aliphatic carbocycles. The first-order valence-electron chi connectivity index (χ1n) is 23.1. The normalized spacial score (nSPS) is 11.3. The van der Waals surface area contributed by atoms with Gasteiger partial charge in [-0.3, -0.25) is 0 Å². The van der Waals surface area contributed by atoms with Crippen molar-refractivity contribution in [1.82, 2.24) is 0 Å². The van der Waals surface area contributed by atoms with Crippen molar-refractivity contribution in [3.8, 4) is 66.8 Å². The molecule has 1 heteroatoms. The Morgan fingerprint density at radius 1 is 0.149 bits per heavy atom. The number of hydrogen-bond donors (Lipinski definition) is 0. The summed E-state index contributed by atoms with van der Waals surface area (Å²) in [6.45, 7) is 0. The van der Waals surface area contributed by atoms with E-state index in [-0.39, 0.29) is 0 Å². The topological polar surface area (TPSA) is 3.24 Å². The van der Waals surface area contributed by atoms with Crippen molar-refractivity contribution >= 4 is 49.4 Å². The van der Waals surface area contributed by atoms with Gasteiger partial charge < -0.3 is 4.90 Å². The molecule has 314 valence electrons. The molecular formula is C66H45N. The summed E-state index contributed by atoms with van der Waals surface area (Å²) in [5, 5.41) is 7.49. The van der Waals surface area contributed by atoms with Crippen molar-refractivity contribution in [2.45, 2.75) is 0 Å². The highest BCUT2D eigenvalue weighted by atomic mass is 15.1. The minimum absolute atomic E-state index is 1.09. The van der Waals surface area contributed by atoms with Crippen LogP contribution in [0.5, 0.6) is 0 Å². The summed E-state index contributed by atoms with van der Waals surface area (Å²) in [6.07, 6.45) is 0. The number of rotatable bonds is 9. The molecule has 0 aliphatic heterocycles. The summed E-state index contributed by atoms with van der Waals surface area (Å²) in [5.41, 5.74) is 17.9. The van der Waals surface area contributed by atoms with E-state index in [0.29, 0.717) is 0 Å². The van der Waals surface area contributed by atoms with Crippen molar-refractivity contribution in [2.24, 2.45) is 0 Å². The van der Waals surface area contributed by atoms with Crippen LogP contribution in [0.3, 0.4) is 0 Å². The summed E-state index contributed by atoms with van der Waals surface area (Å²) in [7, 11) is 0. The molecule has 0 atom stereocenters. The van der Waals surface area contributed by atoms with Crippen LogP contribution in [0.1, 0.15) is 0 Å². The van der Waals surface area contributed by atoms with Crippen LogP contribution in [0, 0.1) is 0 Å². The summed E-state index contributed by atoms with van der Waals surface area (Å²) in [5.74, 6) is 0. The predicted molar refractivity (Wildman–Crippen MR) is 286 cm³/mol. The molecule has 1 nitrogen and oxygen atoms in total. The van der Waals surface area contributed by atoms with Crippen LogP contribution in [0.4, 0.5) is 17.1 Å². The van der Waals surface area contributed by atoms with E-state index in [9.17, 15) is 0 Å². The quantitative estimate of drug-likeness (QED) is 0.140. The molecule has 12 aromatic carbocycles. The number of benzene rings is 12. The van der Waals surface area contributed by atoms with E-state index in [1.807, 2.05) is 0 Å². The molecule has 0 saturated carbocycles. The zero-order valence-corrected chi connectivity index (χ0v) is 36.9. The first-order valence-corrected chi connectivity index (χ1v) is 23.1. The Hall–Kier alpha value is -8.78. The van der Waals surface area contributed by atoms with Crippen LogP contribution in [0.15, 0.2) is 273 Å². The molecule has 0 aromatic heterocycles. The lowest BCUT2D eigenvalue weighted by Gasteiger charge is -2.26. The number of fused-ring (bicyclic) bond motifs is 3. The Morgan fingerprint density at radius 3 is 0.552 bits per heavy atom. The van der Waals surface area contributed by atoms with Crippen molar-refractivity contribution in [3.05, 3.63) is 273 Å². The molecule has 0 saturated heterocycles. The lowest BCUT2D eigenvalue weighted by Crippen LogP contribution is -2.09. The van der Waals surface area contributed by atoms with Gasteiger partial charge in [-0.25, -0.2) is 0 Å². The molecule has 0 unspecified atom stereocenters. The predicted octanol–water partition coefficient (Wildman–Crippen LogP) is 18.6. The molecule has 0 amide bonds. The highest BCUT2D eigenvalue weighted by Gasteiger charge is 2.17. The zero-order valence-electron chi connectivity index (χ0n) is 36.9. The molecule has 0 radical (unpaired) electrons. The van der Waals surface area contributed by atoms with Crippen LogP contribution in [0.25, 0.3) is 99.1 Å². The van der Waals surface area contributed by atoms with E-state index >= 15 is 0 Å². The van der Waals surface area contributed by atoms with E-state index < -0.39 is 0 Å². The van der Waals surface area contributed by atoms with Gasteiger partial charge >= 0.3 is 0 Å². The van der Waals surface area contributed by atoms with Crippen molar-refractivity contribution in [3.63, 3.8) is 0 Å². The van der Waals surface area contributed by atoms with Gasteiger partial charge in [0.25, 0.3) is 0 Å². The molecular weight excluding hydrogens is 807 g/mol. The Bertz CT molecular complexity index is 3290. The third kappa shape index (κ3) is 7.43. The lowest BCUT2D eigenvalue weighted by atomic mass is 9.92. The smallest absolute Gasteiger partial charge is 0.0462 e. The second-order valence-electron chi connectivity index (χ2n) is 17.2. The molecule has 0 fully saturated rings. The van der Waals surface area contributed by atoms with E-state index in [1.54, 1.807) is 0 Å². The van der Waals surface area contributed by atoms with Gasteiger partial charge in [0, 0.05) is 17.1 Å². The maximum absolute atomic E-state index is 2.38. The van der Waals surface area contributed by atoms with E-state index in [0.717, 1.165) is 17.1 Å². The Kier molecular flexibility index (Phi) is 10.3. The lowest BCUT2D eigenvalue weighted by molar-refractivity contribution is 1.28. The van der Waals surface area contributed by atoms with Gasteiger partial charge in [-0.1, -0.05) is 237 Å². The fourth-order valence-electron chi connectivity index (χ4n) is 10.1. The van der Waals surface area contributed by atoms with Crippen LogP contribution in [0.2, 0.25) is 0 Å². The SMILES string of the molecule is c1ccc(-c2cccc3c(-c4ccc(N(c5ccc(-c6cccc7c(-c8ccccc8)cccc67)cc5)c5ccc(-c6cccc7c(-c8ccccc8)cccc67)cc5)cc4)cccc23)cc1. The van der Waals surface area contributed by atoms with Crippen molar-refractivity contribution < 1.29 is 0 Å². The standard InChI is InChI=1S/C66H45N/c1-4-16-46(17-5-1)55-22-10-31-64-58(25-13-28-61(55)64)49-34-40-52(41-35-49)67(53-42-36-50(37-43-53)59-26-14-29-62-56(23-11-32-65(59)62)47-18-6-2-7-19-47)54-44-38-51(39-45-54)60-27-15-30-63-57(24-12-33-66(60)63)48-20-8-3-9-21-48/h1-45H. The summed E-state index contributed by atoms with van der Waals surface area (Å²) in [6, 6.07) is 99.3. The molecule has 0 bridgehead atoms. The van der Waals surface area contributed by atoms with Crippen molar-refractivity contribution in [2.75, 3.05) is 4.90 Å². The second kappa shape index (κ2) is 17.3. The van der Waals surface area contributed by atoms with E-state index in [2.05, 4.69) is 278 Å². The first-order chi connectivity index (χ1) is 33.2. The van der Waals surface area contributed by atoms with Gasteiger partial charge in [0.05, 0.1) is 0 Å². The minimum Gasteiger partial charge on any atom is -0.311 e. The summed E-state index contributed by atoms with van der Waals surface area (Å²) >= 11 is 0. The number of hydrogen-bond acceptors (Lipinski definition) is 1. The molecule has 12 aromatic rings. The average molecular weight is 852 g/mol. The molecule has 67 heavy (non-hydrogen) atoms. The summed E-state index contributed by atoms with van der Waals surface area (Å²) in [4.78, 5) is 2.38. The maximum Gasteiger partial charge on any atom is 0.0462 e. The maximum atomic E-state index is 2.38. The van der Waals surface area contributed by atoms with Gasteiger partial charge in [0.2, 0.25) is 0 Å². The van der Waals surface area contributed by atoms with E-state index in [1.165, 1.54) is 99.1 Å². The zero-order chi connectivity index (χ0) is 44.5. The monoisotopic (exact) mass is 851 g/mol. The van der Waals surface area contributed by atoms with Crippen LogP contribution < -0.4 is 4.90 Å². The average Bonchev–Trinajstić information content (AvgIpc) is 3.41. The Balaban J connectivity index is 0.940. The molecule has 0 N–H and O–H groups in total. The van der Waals surface area contributed by atoms with Gasteiger partial charge in [0.1, 0.15) is 0 Å². The fourth-order valence-corrected chi connectivity index (χ4v) is 10.1. The van der Waals surface area contributed by atoms with Gasteiger partial charge in [-0.2, -0.15) is 0 Å². The van der Waals surface area contributed by atoms with E-state index in [4.69, 9.17) is 0 Å². The first kappa shape index (κ1) is 39.8. The highest BCUT2D eigenvalue weighted by Crippen LogP contribution is 2.42. The van der Waals surface area contributed by atoms with Crippen LogP contribution in [-0.4, -0.2) is 0 Å². The molecule has 0 heterocycles. The Morgan fingerprint density at radius 2 is 0.343 bits per heavy atom. The highest BCUT2D eigenvalue weighted by molar-refractivity contribution is 6.07. The second-order valence-corrected chi connectivity index (χ2v) is 17.2. The largest absolute Gasteiger partial charge is 0.311 e. The van der Waals surface area contributed by atoms with Crippen LogP contribution >= 0.6 is 0 Å². The number of nitrogens with zero attached hydrogens (tertiary/aromatic N) is 1. The van der Waals surface area contributed by atoms with Gasteiger partial charge in [-0.05, 0) is 135 Å². The third-order valence-corrected chi connectivity index (χ3v) is 13.3. The van der Waals surface area contributed by atoms with Gasteiger partial charge in [0.15, 0.2) is 0 Å².